The van der Waals surface area contributed by atoms with Gasteiger partial charge in [0.2, 0.25) is 0 Å². The maximum Gasteiger partial charge on any atom is 0.157 e. The minimum Gasteiger partial charge on any atom is -0.250 e. The van der Waals surface area contributed by atoms with Crippen LogP contribution < -0.4 is 0 Å². The fraction of sp³-hybridized carbons (Fsp3) is 0.333. The van der Waals surface area contributed by atoms with Crippen molar-refractivity contribution in [1.29, 1.82) is 0 Å². The summed E-state index contributed by atoms with van der Waals surface area (Å²) in [6.45, 7) is 2.12. The molecule has 2 rings (SSSR count). The highest BCUT2D eigenvalue weighted by Crippen LogP contribution is 2.11. The molecule has 0 bridgehead atoms. The first-order valence-electron chi connectivity index (χ1n) is 4.08. The molecule has 0 amide bonds. The summed E-state index contributed by atoms with van der Waals surface area (Å²) in [7, 11) is 1.90. The minimum atomic E-state index is 0.951. The molecule has 0 saturated heterocycles. The number of fused-ring (bicyclic) bond motifs is 1. The van der Waals surface area contributed by atoms with Crippen LogP contribution in [0.15, 0.2) is 18.5 Å². The van der Waals surface area contributed by atoms with Crippen LogP contribution in [0.1, 0.15) is 12.5 Å². The van der Waals surface area contributed by atoms with E-state index in [9.17, 15) is 0 Å². The maximum atomic E-state index is 4.31. The van der Waals surface area contributed by atoms with Gasteiger partial charge in [-0.1, -0.05) is 6.92 Å². The molecule has 0 fully saturated rings. The second-order valence-corrected chi connectivity index (χ2v) is 2.88. The van der Waals surface area contributed by atoms with Gasteiger partial charge in [-0.05, 0) is 18.1 Å². The molecule has 0 aliphatic rings. The molecule has 62 valence electrons. The monoisotopic (exact) mass is 161 g/mol. The number of hydrogen-bond donors (Lipinski definition) is 0. The lowest BCUT2D eigenvalue weighted by molar-refractivity contribution is 0.786. The second-order valence-electron chi connectivity index (χ2n) is 2.88. The van der Waals surface area contributed by atoms with Gasteiger partial charge in [-0.25, -0.2) is 4.98 Å². The van der Waals surface area contributed by atoms with Gasteiger partial charge in [-0.15, -0.1) is 0 Å². The van der Waals surface area contributed by atoms with Crippen LogP contribution in [0.4, 0.5) is 0 Å². The van der Waals surface area contributed by atoms with Crippen LogP contribution in [0.3, 0.4) is 0 Å². The highest BCUT2D eigenvalue weighted by Gasteiger charge is 2.00. The molecule has 2 heterocycles. The Morgan fingerprint density at radius 3 is 3.00 bits per heavy atom. The van der Waals surface area contributed by atoms with E-state index in [4.69, 9.17) is 0 Å². The van der Waals surface area contributed by atoms with Gasteiger partial charge in [-0.3, -0.25) is 4.68 Å². The molecule has 2 aromatic heterocycles. The molecule has 0 aliphatic carbocycles. The van der Waals surface area contributed by atoms with E-state index in [2.05, 4.69) is 23.1 Å². The van der Waals surface area contributed by atoms with Gasteiger partial charge < -0.3 is 0 Å². The summed E-state index contributed by atoms with van der Waals surface area (Å²) >= 11 is 0. The molecular formula is C9H11N3. The number of pyridine rings is 1. The quantitative estimate of drug-likeness (QED) is 0.635. The molecule has 0 aliphatic heterocycles. The summed E-state index contributed by atoms with van der Waals surface area (Å²) in [5, 5.41) is 5.25. The molecule has 0 spiro atoms. The van der Waals surface area contributed by atoms with E-state index >= 15 is 0 Å². The summed E-state index contributed by atoms with van der Waals surface area (Å²) in [6.07, 6.45) is 4.78. The van der Waals surface area contributed by atoms with Crippen molar-refractivity contribution in [3.8, 4) is 0 Å². The Morgan fingerprint density at radius 1 is 1.42 bits per heavy atom. The SMILES string of the molecule is CCc1cnc2c(cnn2C)c1. The molecular weight excluding hydrogens is 150 g/mol. The normalized spacial score (nSPS) is 10.8. The van der Waals surface area contributed by atoms with Gasteiger partial charge in [0.15, 0.2) is 5.65 Å². The Labute approximate surface area is 71.0 Å². The van der Waals surface area contributed by atoms with E-state index in [0.717, 1.165) is 17.5 Å². The first kappa shape index (κ1) is 7.28. The molecule has 3 nitrogen and oxygen atoms in total. The first-order chi connectivity index (χ1) is 5.81. The number of rotatable bonds is 1. The third-order valence-electron chi connectivity index (χ3n) is 2.04. The molecule has 0 radical (unpaired) electrons. The Kier molecular flexibility index (Phi) is 1.57. The largest absolute Gasteiger partial charge is 0.250 e. The summed E-state index contributed by atoms with van der Waals surface area (Å²) < 4.78 is 1.79. The van der Waals surface area contributed by atoms with E-state index in [1.807, 2.05) is 19.4 Å². The van der Waals surface area contributed by atoms with E-state index in [0.29, 0.717) is 0 Å². The highest BCUT2D eigenvalue weighted by atomic mass is 15.3. The Morgan fingerprint density at radius 2 is 2.25 bits per heavy atom. The average molecular weight is 161 g/mol. The predicted octanol–water partition coefficient (Wildman–Crippen LogP) is 1.53. The predicted molar refractivity (Wildman–Crippen MR) is 47.9 cm³/mol. The second kappa shape index (κ2) is 2.59. The average Bonchev–Trinajstić information content (AvgIpc) is 2.47. The van der Waals surface area contributed by atoms with Crippen molar-refractivity contribution in [1.82, 2.24) is 14.8 Å². The smallest absolute Gasteiger partial charge is 0.157 e. The van der Waals surface area contributed by atoms with Crippen molar-refractivity contribution in [3.63, 3.8) is 0 Å². The van der Waals surface area contributed by atoms with Crippen molar-refractivity contribution in [2.45, 2.75) is 13.3 Å². The molecule has 0 N–H and O–H groups in total. The van der Waals surface area contributed by atoms with Gasteiger partial charge in [0.25, 0.3) is 0 Å². The fourth-order valence-electron chi connectivity index (χ4n) is 1.28. The fourth-order valence-corrected chi connectivity index (χ4v) is 1.28. The van der Waals surface area contributed by atoms with Crippen LogP contribution in [-0.4, -0.2) is 14.8 Å². The molecule has 0 atom stereocenters. The summed E-state index contributed by atoms with van der Waals surface area (Å²) in [6, 6.07) is 2.13. The van der Waals surface area contributed by atoms with Gasteiger partial charge in [0.1, 0.15) is 0 Å². The van der Waals surface area contributed by atoms with Crippen LogP contribution in [0.2, 0.25) is 0 Å². The zero-order chi connectivity index (χ0) is 8.55. The number of aryl methyl sites for hydroxylation is 2. The van der Waals surface area contributed by atoms with Crippen molar-refractivity contribution in [2.75, 3.05) is 0 Å². The van der Waals surface area contributed by atoms with Gasteiger partial charge in [0.05, 0.1) is 6.20 Å². The standard InChI is InChI=1S/C9H11N3/c1-3-7-4-8-6-11-12(2)9(8)10-5-7/h4-6H,3H2,1-2H3. The number of nitrogens with zero attached hydrogens (tertiary/aromatic N) is 3. The Bertz CT molecular complexity index is 403. The highest BCUT2D eigenvalue weighted by molar-refractivity contribution is 5.74. The Balaban J connectivity index is 2.69. The van der Waals surface area contributed by atoms with E-state index < -0.39 is 0 Å². The van der Waals surface area contributed by atoms with Gasteiger partial charge >= 0.3 is 0 Å². The molecule has 0 saturated carbocycles. The molecule has 0 unspecified atom stereocenters. The lowest BCUT2D eigenvalue weighted by Gasteiger charge is -1.95. The van der Waals surface area contributed by atoms with Crippen LogP contribution in [0.5, 0.6) is 0 Å². The summed E-state index contributed by atoms with van der Waals surface area (Å²) in [5.41, 5.74) is 2.21. The lowest BCUT2D eigenvalue weighted by Crippen LogP contribution is -1.91. The third-order valence-corrected chi connectivity index (χ3v) is 2.04. The maximum absolute atomic E-state index is 4.31. The van der Waals surface area contributed by atoms with E-state index in [-0.39, 0.29) is 0 Å². The van der Waals surface area contributed by atoms with Crippen molar-refractivity contribution in [3.05, 3.63) is 24.0 Å². The molecule has 0 aromatic carbocycles. The third kappa shape index (κ3) is 0.978. The lowest BCUT2D eigenvalue weighted by atomic mass is 10.2. The van der Waals surface area contributed by atoms with Crippen LogP contribution in [-0.2, 0) is 13.5 Å². The minimum absolute atomic E-state index is 0.951. The van der Waals surface area contributed by atoms with Gasteiger partial charge in [-0.2, -0.15) is 5.10 Å². The van der Waals surface area contributed by atoms with Crippen molar-refractivity contribution in [2.24, 2.45) is 7.05 Å². The number of hydrogen-bond acceptors (Lipinski definition) is 2. The van der Waals surface area contributed by atoms with Crippen molar-refractivity contribution >= 4 is 11.0 Å². The summed E-state index contributed by atoms with van der Waals surface area (Å²) in [5.74, 6) is 0. The first-order valence-corrected chi connectivity index (χ1v) is 4.08. The zero-order valence-corrected chi connectivity index (χ0v) is 7.28. The van der Waals surface area contributed by atoms with Gasteiger partial charge in [0, 0.05) is 18.6 Å². The molecule has 2 aromatic rings. The topological polar surface area (TPSA) is 30.7 Å². The van der Waals surface area contributed by atoms with Crippen LogP contribution >= 0.6 is 0 Å². The Hall–Kier alpha value is -1.38. The van der Waals surface area contributed by atoms with Crippen molar-refractivity contribution < 1.29 is 0 Å². The molecule has 12 heavy (non-hydrogen) atoms. The van der Waals surface area contributed by atoms with Crippen LogP contribution in [0.25, 0.3) is 11.0 Å². The van der Waals surface area contributed by atoms with E-state index in [1.54, 1.807) is 4.68 Å². The van der Waals surface area contributed by atoms with E-state index in [1.165, 1.54) is 5.56 Å². The number of aromatic nitrogens is 3. The summed E-state index contributed by atoms with van der Waals surface area (Å²) in [4.78, 5) is 4.31. The zero-order valence-electron chi connectivity index (χ0n) is 7.28. The molecule has 3 heteroatoms. The van der Waals surface area contributed by atoms with Crippen LogP contribution in [0, 0.1) is 0 Å².